The van der Waals surface area contributed by atoms with E-state index in [9.17, 15) is 14.4 Å². The zero-order valence-corrected chi connectivity index (χ0v) is 17.2. The van der Waals surface area contributed by atoms with Crippen molar-refractivity contribution in [2.45, 2.75) is 64.7 Å². The normalized spacial score (nSPS) is 33.8. The molecule has 1 aliphatic heterocycles. The van der Waals surface area contributed by atoms with Crippen molar-refractivity contribution in [3.8, 4) is 0 Å². The minimum atomic E-state index is -0.319. The van der Waals surface area contributed by atoms with E-state index in [0.29, 0.717) is 45.1 Å². The standard InChI is InChI=1S/C22H34N2O4/c1-2-28-21(27)4-3-19(25)23-5-7-24(8-6-23)20(26)15-22-12-16-9-17(13-22)11-18(10-16)14-22/h16-18H,2-15H2,1H3. The molecule has 0 unspecified atom stereocenters. The maximum absolute atomic E-state index is 13.0. The van der Waals surface area contributed by atoms with Crippen molar-refractivity contribution in [2.24, 2.45) is 23.2 Å². The lowest BCUT2D eigenvalue weighted by Crippen LogP contribution is -2.53. The Kier molecular flexibility index (Phi) is 5.66. The molecule has 0 aromatic carbocycles. The van der Waals surface area contributed by atoms with Gasteiger partial charge in [0.05, 0.1) is 13.0 Å². The molecule has 5 fully saturated rings. The first-order valence-corrected chi connectivity index (χ1v) is 11.2. The second-order valence-corrected chi connectivity index (χ2v) is 9.66. The van der Waals surface area contributed by atoms with Crippen molar-refractivity contribution in [3.63, 3.8) is 0 Å². The maximum atomic E-state index is 13.0. The number of hydrogen-bond donors (Lipinski definition) is 0. The molecule has 4 bridgehead atoms. The number of carbonyl (C=O) groups excluding carboxylic acids is 3. The number of rotatable bonds is 6. The van der Waals surface area contributed by atoms with Crippen LogP contribution in [0.4, 0.5) is 0 Å². The highest BCUT2D eigenvalue weighted by molar-refractivity contribution is 5.82. The van der Waals surface area contributed by atoms with Gasteiger partial charge in [-0.25, -0.2) is 0 Å². The van der Waals surface area contributed by atoms with Crippen molar-refractivity contribution in [1.29, 1.82) is 0 Å². The largest absolute Gasteiger partial charge is 0.466 e. The van der Waals surface area contributed by atoms with Gasteiger partial charge in [0.1, 0.15) is 0 Å². The Bertz CT molecular complexity index is 589. The molecule has 2 amide bonds. The Labute approximate surface area is 167 Å². The van der Waals surface area contributed by atoms with Crippen molar-refractivity contribution in [3.05, 3.63) is 0 Å². The van der Waals surface area contributed by atoms with Gasteiger partial charge in [0.2, 0.25) is 11.8 Å². The first-order chi connectivity index (χ1) is 13.5. The second-order valence-electron chi connectivity index (χ2n) is 9.66. The summed E-state index contributed by atoms with van der Waals surface area (Å²) >= 11 is 0. The van der Waals surface area contributed by atoms with Crippen LogP contribution in [-0.2, 0) is 19.1 Å². The molecule has 1 saturated heterocycles. The van der Waals surface area contributed by atoms with E-state index in [1.165, 1.54) is 38.5 Å². The van der Waals surface area contributed by atoms with Gasteiger partial charge in [-0.3, -0.25) is 14.4 Å². The van der Waals surface area contributed by atoms with Crippen LogP contribution in [0.3, 0.4) is 0 Å². The summed E-state index contributed by atoms with van der Waals surface area (Å²) in [7, 11) is 0. The lowest BCUT2D eigenvalue weighted by Gasteiger charge is -2.57. The first kappa shape index (κ1) is 19.7. The monoisotopic (exact) mass is 390 g/mol. The Morgan fingerprint density at radius 3 is 1.82 bits per heavy atom. The predicted octanol–water partition coefficient (Wildman–Crippen LogP) is 2.61. The van der Waals surface area contributed by atoms with Crippen molar-refractivity contribution in [1.82, 2.24) is 9.80 Å². The highest BCUT2D eigenvalue weighted by Gasteiger charge is 2.51. The summed E-state index contributed by atoms with van der Waals surface area (Å²) in [6.45, 7) is 4.51. The van der Waals surface area contributed by atoms with Crippen molar-refractivity contribution < 1.29 is 19.1 Å². The molecular weight excluding hydrogens is 356 g/mol. The Hall–Kier alpha value is -1.59. The Morgan fingerprint density at radius 2 is 1.32 bits per heavy atom. The third-order valence-electron chi connectivity index (χ3n) is 7.52. The summed E-state index contributed by atoms with van der Waals surface area (Å²) in [6.07, 6.45) is 9.04. The molecule has 0 atom stereocenters. The summed E-state index contributed by atoms with van der Waals surface area (Å²) in [6, 6.07) is 0. The van der Waals surface area contributed by atoms with E-state index < -0.39 is 0 Å². The molecule has 5 rings (SSSR count). The van der Waals surface area contributed by atoms with Gasteiger partial charge in [0, 0.05) is 39.0 Å². The van der Waals surface area contributed by atoms with E-state index in [1.807, 2.05) is 4.90 Å². The van der Waals surface area contributed by atoms with E-state index >= 15 is 0 Å². The highest BCUT2D eigenvalue weighted by Crippen LogP contribution is 2.61. The molecule has 0 N–H and O–H groups in total. The fourth-order valence-electron chi connectivity index (χ4n) is 6.74. The summed E-state index contributed by atoms with van der Waals surface area (Å²) < 4.78 is 4.88. The molecule has 1 heterocycles. The van der Waals surface area contributed by atoms with Crippen molar-refractivity contribution >= 4 is 17.8 Å². The van der Waals surface area contributed by atoms with E-state index in [-0.39, 0.29) is 30.1 Å². The quantitative estimate of drug-likeness (QED) is 0.654. The van der Waals surface area contributed by atoms with Gasteiger partial charge in [-0.2, -0.15) is 0 Å². The van der Waals surface area contributed by atoms with Crippen LogP contribution in [0.1, 0.15) is 64.7 Å². The summed E-state index contributed by atoms with van der Waals surface area (Å²) in [5, 5.41) is 0. The molecule has 0 aromatic rings. The number of hydrogen-bond acceptors (Lipinski definition) is 4. The minimum absolute atomic E-state index is 0.0127. The summed E-state index contributed by atoms with van der Waals surface area (Å²) in [4.78, 5) is 40.5. The zero-order valence-electron chi connectivity index (χ0n) is 17.2. The molecule has 5 aliphatic rings. The van der Waals surface area contributed by atoms with Gasteiger partial charge in [-0.15, -0.1) is 0 Å². The highest BCUT2D eigenvalue weighted by atomic mass is 16.5. The van der Waals surface area contributed by atoms with Gasteiger partial charge >= 0.3 is 5.97 Å². The Morgan fingerprint density at radius 1 is 0.821 bits per heavy atom. The lowest BCUT2D eigenvalue weighted by atomic mass is 9.49. The maximum Gasteiger partial charge on any atom is 0.306 e. The molecule has 0 radical (unpaired) electrons. The van der Waals surface area contributed by atoms with Crippen LogP contribution < -0.4 is 0 Å². The number of carbonyl (C=O) groups is 3. The minimum Gasteiger partial charge on any atom is -0.466 e. The van der Waals surface area contributed by atoms with Crippen LogP contribution in [0.2, 0.25) is 0 Å². The van der Waals surface area contributed by atoms with Crippen LogP contribution in [0.15, 0.2) is 0 Å². The average molecular weight is 391 g/mol. The molecule has 4 saturated carbocycles. The van der Waals surface area contributed by atoms with E-state index in [2.05, 4.69) is 0 Å². The predicted molar refractivity (Wildman–Crippen MR) is 104 cm³/mol. The second kappa shape index (κ2) is 8.03. The molecule has 28 heavy (non-hydrogen) atoms. The van der Waals surface area contributed by atoms with Crippen molar-refractivity contribution in [2.75, 3.05) is 32.8 Å². The third kappa shape index (κ3) is 4.20. The van der Waals surface area contributed by atoms with Gasteiger partial charge in [-0.1, -0.05) is 0 Å². The van der Waals surface area contributed by atoms with E-state index in [4.69, 9.17) is 4.74 Å². The molecule has 0 aromatic heterocycles. The zero-order chi connectivity index (χ0) is 19.7. The number of nitrogens with zero attached hydrogens (tertiary/aromatic N) is 2. The fraction of sp³-hybridized carbons (Fsp3) is 0.864. The fourth-order valence-corrected chi connectivity index (χ4v) is 6.74. The molecular formula is C22H34N2O4. The first-order valence-electron chi connectivity index (χ1n) is 11.2. The number of amides is 2. The average Bonchev–Trinajstić information content (AvgIpc) is 2.65. The number of esters is 1. The number of piperazine rings is 1. The van der Waals surface area contributed by atoms with Crippen LogP contribution in [0.25, 0.3) is 0 Å². The molecule has 156 valence electrons. The van der Waals surface area contributed by atoms with Crippen LogP contribution in [0.5, 0.6) is 0 Å². The lowest BCUT2D eigenvalue weighted by molar-refractivity contribution is -0.147. The third-order valence-corrected chi connectivity index (χ3v) is 7.52. The number of ether oxygens (including phenoxy) is 1. The smallest absolute Gasteiger partial charge is 0.306 e. The van der Waals surface area contributed by atoms with Gasteiger partial charge in [0.15, 0.2) is 0 Å². The van der Waals surface area contributed by atoms with E-state index in [0.717, 1.165) is 17.8 Å². The molecule has 4 aliphatic carbocycles. The van der Waals surface area contributed by atoms with Crippen LogP contribution in [0, 0.1) is 23.2 Å². The van der Waals surface area contributed by atoms with E-state index in [1.54, 1.807) is 11.8 Å². The molecule has 6 nitrogen and oxygen atoms in total. The van der Waals surface area contributed by atoms with Gasteiger partial charge in [0.25, 0.3) is 0 Å². The summed E-state index contributed by atoms with van der Waals surface area (Å²) in [5.41, 5.74) is 0.276. The van der Waals surface area contributed by atoms with Gasteiger partial charge in [-0.05, 0) is 68.6 Å². The molecule has 6 heteroatoms. The SMILES string of the molecule is CCOC(=O)CCC(=O)N1CCN(C(=O)CC23CC4CC(CC(C4)C2)C3)CC1. The van der Waals surface area contributed by atoms with Gasteiger partial charge < -0.3 is 14.5 Å². The van der Waals surface area contributed by atoms with Crippen LogP contribution >= 0.6 is 0 Å². The van der Waals surface area contributed by atoms with Crippen LogP contribution in [-0.4, -0.2) is 60.4 Å². The topological polar surface area (TPSA) is 66.9 Å². The molecule has 0 spiro atoms. The Balaban J connectivity index is 1.23. The summed E-state index contributed by atoms with van der Waals surface area (Å²) in [5.74, 6) is 2.57.